The van der Waals surface area contributed by atoms with E-state index in [0.29, 0.717) is 0 Å². The molecule has 1 saturated heterocycles. The molecule has 1 saturated carbocycles. The Morgan fingerprint density at radius 3 is 2.44 bits per heavy atom. The second kappa shape index (κ2) is 8.98. The number of hydrogen-bond acceptors (Lipinski definition) is 5. The van der Waals surface area contributed by atoms with Crippen LogP contribution in [0.15, 0.2) is 29.2 Å². The molecule has 1 aromatic carbocycles. The van der Waals surface area contributed by atoms with Gasteiger partial charge in [-0.15, -0.1) is 0 Å². The zero-order valence-electron chi connectivity index (χ0n) is 15.8. The molecule has 1 aliphatic carbocycles. The predicted octanol–water partition coefficient (Wildman–Crippen LogP) is 2.92. The van der Waals surface area contributed by atoms with Gasteiger partial charge in [0.2, 0.25) is 0 Å². The predicted molar refractivity (Wildman–Crippen MR) is 101 cm³/mol. The molecule has 7 heteroatoms. The third-order valence-corrected chi connectivity index (χ3v) is 6.20. The molecule has 1 heterocycles. The molecule has 0 amide bonds. The van der Waals surface area contributed by atoms with Gasteiger partial charge in [0.05, 0.1) is 17.7 Å². The SMILES string of the molecule is CC.CN1CCN(c2cccc(S(=O)(=O)N(C)OC3CCCC3)c2)C1. The van der Waals surface area contributed by atoms with Crippen molar-refractivity contribution < 1.29 is 13.3 Å². The van der Waals surface area contributed by atoms with E-state index in [1.54, 1.807) is 18.2 Å². The van der Waals surface area contributed by atoms with Gasteiger partial charge in [0.15, 0.2) is 0 Å². The van der Waals surface area contributed by atoms with Crippen LogP contribution in [0, 0.1) is 0 Å². The molecule has 0 spiro atoms. The monoisotopic (exact) mass is 369 g/mol. The molecule has 0 aromatic heterocycles. The first kappa shape index (κ1) is 20.2. The average Bonchev–Trinajstić information content (AvgIpc) is 3.28. The van der Waals surface area contributed by atoms with E-state index in [4.69, 9.17) is 4.84 Å². The first-order valence-corrected chi connectivity index (χ1v) is 10.6. The lowest BCUT2D eigenvalue weighted by Crippen LogP contribution is -2.31. The molecule has 0 radical (unpaired) electrons. The highest BCUT2D eigenvalue weighted by atomic mass is 32.2. The van der Waals surface area contributed by atoms with Crippen LogP contribution in [0.1, 0.15) is 39.5 Å². The Kier molecular flexibility index (Phi) is 7.25. The number of rotatable bonds is 5. The molecule has 3 rings (SSSR count). The molecule has 1 aliphatic heterocycles. The minimum atomic E-state index is -3.62. The summed E-state index contributed by atoms with van der Waals surface area (Å²) in [7, 11) is -0.0718. The maximum atomic E-state index is 12.7. The molecule has 0 N–H and O–H groups in total. The van der Waals surface area contributed by atoms with Crippen molar-refractivity contribution in [2.45, 2.75) is 50.5 Å². The molecule has 25 heavy (non-hydrogen) atoms. The normalized spacial score (nSPS) is 19.3. The highest BCUT2D eigenvalue weighted by Gasteiger charge is 2.27. The third-order valence-electron chi connectivity index (χ3n) is 4.58. The number of nitrogens with zero attached hydrogens (tertiary/aromatic N) is 3. The molecule has 0 unspecified atom stereocenters. The van der Waals surface area contributed by atoms with Crippen LogP contribution in [-0.2, 0) is 14.9 Å². The van der Waals surface area contributed by atoms with Crippen LogP contribution < -0.4 is 4.90 Å². The van der Waals surface area contributed by atoms with Gasteiger partial charge in [-0.25, -0.2) is 8.42 Å². The summed E-state index contributed by atoms with van der Waals surface area (Å²) in [5, 5.41) is 0. The Bertz CT molecular complexity index is 645. The van der Waals surface area contributed by atoms with Gasteiger partial charge in [0, 0.05) is 25.8 Å². The van der Waals surface area contributed by atoms with Gasteiger partial charge in [0.1, 0.15) is 0 Å². The molecule has 1 aromatic rings. The van der Waals surface area contributed by atoms with Crippen LogP contribution in [0.3, 0.4) is 0 Å². The van der Waals surface area contributed by atoms with Gasteiger partial charge in [-0.1, -0.05) is 37.2 Å². The smallest absolute Gasteiger partial charge is 0.264 e. The van der Waals surface area contributed by atoms with Gasteiger partial charge in [-0.05, 0) is 38.1 Å². The van der Waals surface area contributed by atoms with Crippen molar-refractivity contribution in [3.8, 4) is 0 Å². The van der Waals surface area contributed by atoms with E-state index >= 15 is 0 Å². The van der Waals surface area contributed by atoms with Crippen molar-refractivity contribution >= 4 is 15.7 Å². The minimum absolute atomic E-state index is 0.0187. The number of hydrogen-bond donors (Lipinski definition) is 0. The van der Waals surface area contributed by atoms with E-state index in [1.807, 2.05) is 19.9 Å². The van der Waals surface area contributed by atoms with E-state index in [9.17, 15) is 8.42 Å². The second-order valence-electron chi connectivity index (χ2n) is 6.41. The van der Waals surface area contributed by atoms with Crippen molar-refractivity contribution in [2.75, 3.05) is 38.8 Å². The first-order chi connectivity index (χ1) is 12.0. The third kappa shape index (κ3) is 4.94. The first-order valence-electron chi connectivity index (χ1n) is 9.16. The van der Waals surface area contributed by atoms with Crippen LogP contribution in [0.2, 0.25) is 0 Å². The lowest BCUT2D eigenvalue weighted by molar-refractivity contribution is -0.113. The molecule has 2 fully saturated rings. The summed E-state index contributed by atoms with van der Waals surface area (Å²) in [5.41, 5.74) is 0.935. The number of sulfonamides is 1. The van der Waals surface area contributed by atoms with Gasteiger partial charge in [-0.3, -0.25) is 9.74 Å². The highest BCUT2D eigenvalue weighted by Crippen LogP contribution is 2.26. The summed E-state index contributed by atoms with van der Waals surface area (Å²) in [5.74, 6) is 0. The minimum Gasteiger partial charge on any atom is -0.357 e. The van der Waals surface area contributed by atoms with Crippen LogP contribution in [0.5, 0.6) is 0 Å². The molecular weight excluding hydrogens is 338 g/mol. The Balaban J connectivity index is 0.00000109. The summed E-state index contributed by atoms with van der Waals surface area (Å²) in [4.78, 5) is 10.3. The maximum Gasteiger partial charge on any atom is 0.264 e. The molecule has 0 bridgehead atoms. The lowest BCUT2D eigenvalue weighted by Gasteiger charge is -2.22. The van der Waals surface area contributed by atoms with E-state index in [0.717, 1.165) is 55.6 Å². The largest absolute Gasteiger partial charge is 0.357 e. The summed E-state index contributed by atoms with van der Waals surface area (Å²) < 4.78 is 26.5. The molecule has 6 nitrogen and oxygen atoms in total. The maximum absolute atomic E-state index is 12.7. The van der Waals surface area contributed by atoms with Gasteiger partial charge >= 0.3 is 0 Å². The Morgan fingerprint density at radius 1 is 1.16 bits per heavy atom. The Labute approximate surface area is 152 Å². The molecule has 142 valence electrons. The zero-order chi connectivity index (χ0) is 18.4. The van der Waals surface area contributed by atoms with Crippen LogP contribution >= 0.6 is 0 Å². The molecule has 0 atom stereocenters. The van der Waals surface area contributed by atoms with Crippen molar-refractivity contribution in [3.63, 3.8) is 0 Å². The number of likely N-dealkylation sites (N-methyl/N-ethyl adjacent to an activating group) is 1. The average molecular weight is 370 g/mol. The van der Waals surface area contributed by atoms with Crippen LogP contribution in [0.25, 0.3) is 0 Å². The standard InChI is InChI=1S/C16H25N3O3S.C2H6/c1-17-10-11-19(13-17)14-6-5-9-16(12-14)23(20,21)18(2)22-15-7-3-4-8-15;1-2/h5-6,9,12,15H,3-4,7-8,10-11,13H2,1-2H3;1-2H3. The molecular formula is C18H31N3O3S. The van der Waals surface area contributed by atoms with Crippen molar-refractivity contribution in [3.05, 3.63) is 24.3 Å². The number of anilines is 1. The lowest BCUT2D eigenvalue weighted by atomic mass is 10.3. The van der Waals surface area contributed by atoms with Crippen molar-refractivity contribution in [1.29, 1.82) is 0 Å². The van der Waals surface area contributed by atoms with E-state index in [1.165, 1.54) is 7.05 Å². The Hall–Kier alpha value is -1.15. The summed E-state index contributed by atoms with van der Waals surface area (Å²) in [6.07, 6.45) is 4.10. The van der Waals surface area contributed by atoms with Gasteiger partial charge in [0.25, 0.3) is 10.0 Å². The zero-order valence-corrected chi connectivity index (χ0v) is 16.6. The van der Waals surface area contributed by atoms with E-state index < -0.39 is 10.0 Å². The number of hydroxylamine groups is 1. The van der Waals surface area contributed by atoms with E-state index in [2.05, 4.69) is 16.8 Å². The quantitative estimate of drug-likeness (QED) is 0.747. The van der Waals surface area contributed by atoms with Gasteiger partial charge < -0.3 is 4.90 Å². The Morgan fingerprint density at radius 2 is 1.84 bits per heavy atom. The summed E-state index contributed by atoms with van der Waals surface area (Å²) >= 11 is 0. The fraction of sp³-hybridized carbons (Fsp3) is 0.667. The summed E-state index contributed by atoms with van der Waals surface area (Å²) in [6, 6.07) is 7.12. The highest BCUT2D eigenvalue weighted by molar-refractivity contribution is 7.89. The fourth-order valence-corrected chi connectivity index (χ4v) is 4.24. The van der Waals surface area contributed by atoms with Crippen molar-refractivity contribution in [2.24, 2.45) is 0 Å². The number of benzene rings is 1. The van der Waals surface area contributed by atoms with Crippen LogP contribution in [-0.4, -0.2) is 57.7 Å². The second-order valence-corrected chi connectivity index (χ2v) is 8.34. The van der Waals surface area contributed by atoms with Crippen LogP contribution in [0.4, 0.5) is 5.69 Å². The fourth-order valence-electron chi connectivity index (χ4n) is 3.18. The summed E-state index contributed by atoms with van der Waals surface area (Å²) in [6.45, 7) is 6.72. The molecule has 2 aliphatic rings. The van der Waals surface area contributed by atoms with Crippen molar-refractivity contribution in [1.82, 2.24) is 9.37 Å². The van der Waals surface area contributed by atoms with E-state index in [-0.39, 0.29) is 11.0 Å². The van der Waals surface area contributed by atoms with Gasteiger partial charge in [-0.2, -0.15) is 0 Å². The topological polar surface area (TPSA) is 53.1 Å².